The van der Waals surface area contributed by atoms with E-state index in [0.29, 0.717) is 5.89 Å². The van der Waals surface area contributed by atoms with Crippen molar-refractivity contribution in [3.05, 3.63) is 47.2 Å². The molecule has 0 spiro atoms. The average molecular weight is 267 g/mol. The Hall–Kier alpha value is -1.82. The topological polar surface area (TPSA) is 51.0 Å². The van der Waals surface area contributed by atoms with Gasteiger partial charge in [0.25, 0.3) is 0 Å². The molecule has 19 heavy (non-hydrogen) atoms. The zero-order chi connectivity index (χ0) is 13.8. The van der Waals surface area contributed by atoms with Crippen LogP contribution in [0.25, 0.3) is 0 Å². The fourth-order valence-electron chi connectivity index (χ4n) is 1.83. The van der Waals surface area contributed by atoms with E-state index in [0.717, 1.165) is 6.42 Å². The van der Waals surface area contributed by atoms with E-state index in [9.17, 15) is 8.78 Å². The van der Waals surface area contributed by atoms with Crippen LogP contribution in [-0.2, 0) is 6.42 Å². The monoisotopic (exact) mass is 267 g/mol. The van der Waals surface area contributed by atoms with Crippen molar-refractivity contribution in [1.82, 2.24) is 15.5 Å². The Labute approximate surface area is 109 Å². The molecular formula is C13H15F2N3O. The molecule has 2 aromatic rings. The third-order valence-corrected chi connectivity index (χ3v) is 2.93. The molecule has 0 bridgehead atoms. The lowest BCUT2D eigenvalue weighted by Crippen LogP contribution is -2.15. The van der Waals surface area contributed by atoms with E-state index in [1.165, 1.54) is 18.2 Å². The van der Waals surface area contributed by atoms with Gasteiger partial charge in [0.2, 0.25) is 11.8 Å². The van der Waals surface area contributed by atoms with Gasteiger partial charge in [0.05, 0.1) is 12.5 Å². The summed E-state index contributed by atoms with van der Waals surface area (Å²) in [6.45, 7) is 1.97. The van der Waals surface area contributed by atoms with Crippen LogP contribution in [0.5, 0.6) is 0 Å². The summed E-state index contributed by atoms with van der Waals surface area (Å²) in [5, 5.41) is 10.7. The van der Waals surface area contributed by atoms with Crippen LogP contribution in [0.4, 0.5) is 8.78 Å². The number of nitrogens with one attached hydrogen (secondary N) is 1. The number of benzene rings is 1. The van der Waals surface area contributed by atoms with Gasteiger partial charge in [-0.05, 0) is 25.6 Å². The van der Waals surface area contributed by atoms with Crippen molar-refractivity contribution in [1.29, 1.82) is 0 Å². The number of aromatic nitrogens is 2. The molecule has 1 N–H and O–H groups in total. The predicted molar refractivity (Wildman–Crippen MR) is 65.6 cm³/mol. The molecule has 0 saturated carbocycles. The first kappa shape index (κ1) is 13.6. The number of hydrogen-bond acceptors (Lipinski definition) is 4. The summed E-state index contributed by atoms with van der Waals surface area (Å²) < 4.78 is 32.4. The minimum atomic E-state index is -0.611. The molecule has 1 aromatic heterocycles. The van der Waals surface area contributed by atoms with Gasteiger partial charge in [-0.3, -0.25) is 0 Å². The summed E-state index contributed by atoms with van der Waals surface area (Å²) in [5.41, 5.74) is -0.0600. The van der Waals surface area contributed by atoms with E-state index in [1.54, 1.807) is 7.05 Å². The second kappa shape index (κ2) is 5.88. The van der Waals surface area contributed by atoms with Gasteiger partial charge >= 0.3 is 0 Å². The molecule has 102 valence electrons. The fraction of sp³-hybridized carbons (Fsp3) is 0.385. The average Bonchev–Trinajstić information content (AvgIpc) is 2.84. The summed E-state index contributed by atoms with van der Waals surface area (Å²) in [6, 6.07) is 3.68. The molecular weight excluding hydrogens is 252 g/mol. The van der Waals surface area contributed by atoms with Crippen molar-refractivity contribution >= 4 is 0 Å². The molecule has 2 rings (SSSR count). The first-order valence-electron chi connectivity index (χ1n) is 6.08. The van der Waals surface area contributed by atoms with Crippen LogP contribution in [0.15, 0.2) is 22.6 Å². The molecule has 4 nitrogen and oxygen atoms in total. The molecule has 0 saturated heterocycles. The van der Waals surface area contributed by atoms with Crippen LogP contribution in [0, 0.1) is 11.6 Å². The quantitative estimate of drug-likeness (QED) is 0.904. The van der Waals surface area contributed by atoms with Crippen LogP contribution < -0.4 is 5.32 Å². The van der Waals surface area contributed by atoms with Crippen LogP contribution in [0.3, 0.4) is 0 Å². The van der Waals surface area contributed by atoms with Crippen molar-refractivity contribution in [3.63, 3.8) is 0 Å². The summed E-state index contributed by atoms with van der Waals surface area (Å²) in [6.07, 6.45) is 0.734. The van der Waals surface area contributed by atoms with Crippen LogP contribution in [0.1, 0.15) is 36.7 Å². The summed E-state index contributed by atoms with van der Waals surface area (Å²) in [5.74, 6) is -0.592. The lowest BCUT2D eigenvalue weighted by atomic mass is 10.1. The first-order chi connectivity index (χ1) is 9.15. The third kappa shape index (κ3) is 2.96. The molecule has 0 aliphatic rings. The molecule has 1 atom stereocenters. The molecule has 1 heterocycles. The molecule has 0 aliphatic heterocycles. The lowest BCUT2D eigenvalue weighted by molar-refractivity contribution is 0.388. The third-order valence-electron chi connectivity index (χ3n) is 2.93. The van der Waals surface area contributed by atoms with Crippen molar-refractivity contribution in [2.24, 2.45) is 0 Å². The Kier molecular flexibility index (Phi) is 4.21. The largest absolute Gasteiger partial charge is 0.423 e. The molecule has 0 radical (unpaired) electrons. The summed E-state index contributed by atoms with van der Waals surface area (Å²) in [4.78, 5) is 0. The Morgan fingerprint density at radius 3 is 2.53 bits per heavy atom. The van der Waals surface area contributed by atoms with Crippen LogP contribution in [0.2, 0.25) is 0 Å². The lowest BCUT2D eigenvalue weighted by Gasteiger charge is -2.07. The SMILES string of the molecule is CCC(NC)c1nnc(Cc2c(F)cccc2F)o1. The molecule has 0 amide bonds. The van der Waals surface area contributed by atoms with Crippen molar-refractivity contribution in [3.8, 4) is 0 Å². The van der Waals surface area contributed by atoms with Gasteiger partial charge in [0, 0.05) is 5.56 Å². The van der Waals surface area contributed by atoms with Crippen molar-refractivity contribution in [2.45, 2.75) is 25.8 Å². The summed E-state index contributed by atoms with van der Waals surface area (Å²) in [7, 11) is 1.79. The van der Waals surface area contributed by atoms with E-state index in [4.69, 9.17) is 4.42 Å². The van der Waals surface area contributed by atoms with Crippen LogP contribution >= 0.6 is 0 Å². The number of halogens is 2. The maximum absolute atomic E-state index is 13.5. The normalized spacial score (nSPS) is 12.6. The molecule has 6 heteroatoms. The minimum Gasteiger partial charge on any atom is -0.423 e. The Balaban J connectivity index is 2.20. The molecule has 1 unspecified atom stereocenters. The maximum Gasteiger partial charge on any atom is 0.233 e. The van der Waals surface area contributed by atoms with E-state index < -0.39 is 11.6 Å². The number of rotatable bonds is 5. The second-order valence-corrected chi connectivity index (χ2v) is 4.16. The predicted octanol–water partition coefficient (Wildman–Crippen LogP) is 2.61. The number of nitrogens with zero attached hydrogens (tertiary/aromatic N) is 2. The van der Waals surface area contributed by atoms with Crippen molar-refractivity contribution < 1.29 is 13.2 Å². The second-order valence-electron chi connectivity index (χ2n) is 4.16. The molecule has 0 fully saturated rings. The van der Waals surface area contributed by atoms with Gasteiger partial charge in [-0.2, -0.15) is 0 Å². The summed E-state index contributed by atoms with van der Waals surface area (Å²) >= 11 is 0. The van der Waals surface area contributed by atoms with Gasteiger partial charge < -0.3 is 9.73 Å². The van der Waals surface area contributed by atoms with E-state index in [1.807, 2.05) is 6.92 Å². The highest BCUT2D eigenvalue weighted by Gasteiger charge is 2.17. The number of hydrogen-bond donors (Lipinski definition) is 1. The highest BCUT2D eigenvalue weighted by atomic mass is 19.1. The van der Waals surface area contributed by atoms with E-state index >= 15 is 0 Å². The molecule has 0 aliphatic carbocycles. The van der Waals surface area contributed by atoms with Gasteiger partial charge in [0.1, 0.15) is 11.6 Å². The van der Waals surface area contributed by atoms with Crippen molar-refractivity contribution in [2.75, 3.05) is 7.05 Å². The first-order valence-corrected chi connectivity index (χ1v) is 6.08. The highest BCUT2D eigenvalue weighted by molar-refractivity contribution is 5.22. The van der Waals surface area contributed by atoms with Gasteiger partial charge in [-0.25, -0.2) is 8.78 Å². The van der Waals surface area contributed by atoms with E-state index in [2.05, 4.69) is 15.5 Å². The smallest absolute Gasteiger partial charge is 0.233 e. The zero-order valence-electron chi connectivity index (χ0n) is 10.8. The van der Waals surface area contributed by atoms with Gasteiger partial charge in [0.15, 0.2) is 0 Å². The fourth-order valence-corrected chi connectivity index (χ4v) is 1.83. The van der Waals surface area contributed by atoms with Crippen LogP contribution in [-0.4, -0.2) is 17.2 Å². The zero-order valence-corrected chi connectivity index (χ0v) is 10.8. The Morgan fingerprint density at radius 2 is 1.95 bits per heavy atom. The van der Waals surface area contributed by atoms with Gasteiger partial charge in [-0.1, -0.05) is 13.0 Å². The molecule has 1 aromatic carbocycles. The Morgan fingerprint density at radius 1 is 1.26 bits per heavy atom. The van der Waals surface area contributed by atoms with Gasteiger partial charge in [-0.15, -0.1) is 10.2 Å². The maximum atomic E-state index is 13.5. The Bertz CT molecular complexity index is 532. The van der Waals surface area contributed by atoms with E-state index in [-0.39, 0.29) is 23.9 Å². The highest BCUT2D eigenvalue weighted by Crippen LogP contribution is 2.19. The standard InChI is InChI=1S/C13H15F2N3O/c1-3-11(16-2)13-18-17-12(19-13)7-8-9(14)5-4-6-10(8)15/h4-6,11,16H,3,7H2,1-2H3. The minimum absolute atomic E-state index is 0.0493.